The first-order valence-corrected chi connectivity index (χ1v) is 7.44. The predicted octanol–water partition coefficient (Wildman–Crippen LogP) is 3.22. The summed E-state index contributed by atoms with van der Waals surface area (Å²) in [5.41, 5.74) is 2.84. The molecule has 0 aromatic heterocycles. The summed E-state index contributed by atoms with van der Waals surface area (Å²) < 4.78 is 5.04. The van der Waals surface area contributed by atoms with Gasteiger partial charge in [0.1, 0.15) is 6.61 Å². The molecule has 0 radical (unpaired) electrons. The van der Waals surface area contributed by atoms with Crippen molar-refractivity contribution in [1.29, 1.82) is 0 Å². The summed E-state index contributed by atoms with van der Waals surface area (Å²) in [5, 5.41) is 5.54. The average Bonchev–Trinajstić information content (AvgIpc) is 2.53. The third kappa shape index (κ3) is 5.23. The zero-order valence-electron chi connectivity index (χ0n) is 13.3. The summed E-state index contributed by atoms with van der Waals surface area (Å²) in [5.74, 6) is -0.473. The first-order valence-electron chi connectivity index (χ1n) is 7.44. The Labute approximate surface area is 135 Å². The fourth-order valence-corrected chi connectivity index (χ4v) is 2.06. The molecule has 0 spiro atoms. The Hall–Kier alpha value is -2.66. The SMILES string of the molecule is CCOCC(=O)Nc1cccc(C(=O)Nc2cccc(C)c2)c1. The highest BCUT2D eigenvalue weighted by atomic mass is 16.5. The number of aryl methyl sites for hydroxylation is 1. The van der Waals surface area contributed by atoms with Crippen LogP contribution in [0.15, 0.2) is 48.5 Å². The van der Waals surface area contributed by atoms with Crippen molar-refractivity contribution in [2.75, 3.05) is 23.8 Å². The van der Waals surface area contributed by atoms with Crippen LogP contribution in [0.2, 0.25) is 0 Å². The molecule has 0 aliphatic rings. The van der Waals surface area contributed by atoms with Crippen molar-refractivity contribution in [3.8, 4) is 0 Å². The molecule has 0 atom stereocenters. The molecule has 120 valence electrons. The van der Waals surface area contributed by atoms with E-state index in [1.807, 2.05) is 38.1 Å². The van der Waals surface area contributed by atoms with Crippen LogP contribution in [0.1, 0.15) is 22.8 Å². The van der Waals surface area contributed by atoms with Crippen LogP contribution in [-0.4, -0.2) is 25.0 Å². The van der Waals surface area contributed by atoms with Gasteiger partial charge in [0, 0.05) is 23.5 Å². The summed E-state index contributed by atoms with van der Waals surface area (Å²) in [7, 11) is 0. The van der Waals surface area contributed by atoms with Crippen LogP contribution in [0, 0.1) is 6.92 Å². The summed E-state index contributed by atoms with van der Waals surface area (Å²) >= 11 is 0. The highest BCUT2D eigenvalue weighted by molar-refractivity contribution is 6.05. The number of nitrogens with one attached hydrogen (secondary N) is 2. The molecule has 23 heavy (non-hydrogen) atoms. The summed E-state index contributed by atoms with van der Waals surface area (Å²) in [6, 6.07) is 14.4. The first kappa shape index (κ1) is 16.7. The van der Waals surface area contributed by atoms with Gasteiger partial charge < -0.3 is 15.4 Å². The molecule has 0 saturated carbocycles. The lowest BCUT2D eigenvalue weighted by molar-refractivity contribution is -0.120. The van der Waals surface area contributed by atoms with E-state index in [2.05, 4.69) is 10.6 Å². The molecule has 0 fully saturated rings. The van der Waals surface area contributed by atoms with Gasteiger partial charge in [-0.1, -0.05) is 18.2 Å². The molecule has 0 aliphatic carbocycles. The molecule has 0 unspecified atom stereocenters. The number of benzene rings is 2. The Morgan fingerprint density at radius 2 is 1.70 bits per heavy atom. The number of amides is 2. The number of anilines is 2. The van der Waals surface area contributed by atoms with E-state index in [-0.39, 0.29) is 18.4 Å². The van der Waals surface area contributed by atoms with Crippen molar-refractivity contribution in [2.45, 2.75) is 13.8 Å². The fraction of sp³-hybridized carbons (Fsp3) is 0.222. The second-order valence-corrected chi connectivity index (χ2v) is 5.09. The first-order chi connectivity index (χ1) is 11.1. The highest BCUT2D eigenvalue weighted by Crippen LogP contribution is 2.14. The second-order valence-electron chi connectivity index (χ2n) is 5.09. The number of carbonyl (C=O) groups excluding carboxylic acids is 2. The molecule has 0 bridgehead atoms. The zero-order valence-corrected chi connectivity index (χ0v) is 13.3. The molecule has 0 saturated heterocycles. The number of rotatable bonds is 6. The lowest BCUT2D eigenvalue weighted by Gasteiger charge is -2.09. The van der Waals surface area contributed by atoms with Gasteiger partial charge in [0.2, 0.25) is 5.91 Å². The van der Waals surface area contributed by atoms with E-state index in [9.17, 15) is 9.59 Å². The van der Waals surface area contributed by atoms with Crippen molar-refractivity contribution >= 4 is 23.2 Å². The predicted molar refractivity (Wildman–Crippen MR) is 90.7 cm³/mol. The molecular weight excluding hydrogens is 292 g/mol. The van der Waals surface area contributed by atoms with Gasteiger partial charge in [-0.2, -0.15) is 0 Å². The van der Waals surface area contributed by atoms with Crippen LogP contribution < -0.4 is 10.6 Å². The van der Waals surface area contributed by atoms with Gasteiger partial charge >= 0.3 is 0 Å². The third-order valence-electron chi connectivity index (χ3n) is 3.12. The minimum absolute atomic E-state index is 0.00375. The van der Waals surface area contributed by atoms with Crippen LogP contribution in [-0.2, 0) is 9.53 Å². The molecular formula is C18H20N2O3. The number of ether oxygens (including phenoxy) is 1. The summed E-state index contributed by atoms with van der Waals surface area (Å²) in [4.78, 5) is 23.9. The largest absolute Gasteiger partial charge is 0.372 e. The van der Waals surface area contributed by atoms with Crippen molar-refractivity contribution in [3.63, 3.8) is 0 Å². The minimum atomic E-state index is -0.247. The zero-order chi connectivity index (χ0) is 16.7. The third-order valence-corrected chi connectivity index (χ3v) is 3.12. The maximum atomic E-state index is 12.3. The van der Waals surface area contributed by atoms with E-state index in [1.165, 1.54) is 0 Å². The summed E-state index contributed by atoms with van der Waals surface area (Å²) in [6.07, 6.45) is 0. The van der Waals surface area contributed by atoms with Gasteiger partial charge in [0.05, 0.1) is 0 Å². The number of hydrogen-bond acceptors (Lipinski definition) is 3. The fourth-order valence-electron chi connectivity index (χ4n) is 2.06. The summed E-state index contributed by atoms with van der Waals surface area (Å²) in [6.45, 7) is 4.26. The van der Waals surface area contributed by atoms with Gasteiger partial charge in [-0.25, -0.2) is 0 Å². The average molecular weight is 312 g/mol. The molecule has 2 rings (SSSR count). The minimum Gasteiger partial charge on any atom is -0.372 e. The van der Waals surface area contributed by atoms with E-state index in [0.717, 1.165) is 11.3 Å². The van der Waals surface area contributed by atoms with Gasteiger partial charge in [0.15, 0.2) is 0 Å². The number of hydrogen-bond donors (Lipinski definition) is 2. The smallest absolute Gasteiger partial charge is 0.255 e. The van der Waals surface area contributed by atoms with Crippen molar-refractivity contribution in [2.24, 2.45) is 0 Å². The molecule has 5 nitrogen and oxygen atoms in total. The topological polar surface area (TPSA) is 67.4 Å². The van der Waals surface area contributed by atoms with Gasteiger partial charge in [-0.3, -0.25) is 9.59 Å². The Balaban J connectivity index is 2.03. The number of carbonyl (C=O) groups is 2. The Kier molecular flexibility index (Phi) is 5.88. The van der Waals surface area contributed by atoms with Crippen molar-refractivity contribution < 1.29 is 14.3 Å². The monoisotopic (exact) mass is 312 g/mol. The molecule has 2 N–H and O–H groups in total. The van der Waals surface area contributed by atoms with E-state index in [4.69, 9.17) is 4.74 Å². The highest BCUT2D eigenvalue weighted by Gasteiger charge is 2.08. The van der Waals surface area contributed by atoms with Crippen LogP contribution in [0.25, 0.3) is 0 Å². The molecule has 2 amide bonds. The van der Waals surface area contributed by atoms with Crippen LogP contribution in [0.3, 0.4) is 0 Å². The van der Waals surface area contributed by atoms with Crippen molar-refractivity contribution in [1.82, 2.24) is 0 Å². The maximum absolute atomic E-state index is 12.3. The molecule has 5 heteroatoms. The normalized spacial score (nSPS) is 10.2. The van der Waals surface area contributed by atoms with Crippen LogP contribution in [0.4, 0.5) is 11.4 Å². The standard InChI is InChI=1S/C18H20N2O3/c1-3-23-12-17(21)19-16-9-5-7-14(11-16)18(22)20-15-8-4-6-13(2)10-15/h4-11H,3,12H2,1-2H3,(H,19,21)(H,20,22). The Bertz CT molecular complexity index is 698. The quantitative estimate of drug-likeness (QED) is 0.860. The Morgan fingerprint density at radius 3 is 2.39 bits per heavy atom. The lowest BCUT2D eigenvalue weighted by atomic mass is 10.1. The molecule has 0 heterocycles. The van der Waals surface area contributed by atoms with Gasteiger partial charge in [0.25, 0.3) is 5.91 Å². The van der Waals surface area contributed by atoms with Crippen molar-refractivity contribution in [3.05, 3.63) is 59.7 Å². The van der Waals surface area contributed by atoms with Gasteiger partial charge in [-0.15, -0.1) is 0 Å². The van der Waals surface area contributed by atoms with Crippen LogP contribution in [0.5, 0.6) is 0 Å². The lowest BCUT2D eigenvalue weighted by Crippen LogP contribution is -2.19. The van der Waals surface area contributed by atoms with Crippen LogP contribution >= 0.6 is 0 Å². The van der Waals surface area contributed by atoms with E-state index < -0.39 is 0 Å². The molecule has 2 aromatic rings. The Morgan fingerprint density at radius 1 is 1.00 bits per heavy atom. The van der Waals surface area contributed by atoms with E-state index in [0.29, 0.717) is 17.9 Å². The van der Waals surface area contributed by atoms with E-state index >= 15 is 0 Å². The maximum Gasteiger partial charge on any atom is 0.255 e. The molecule has 2 aromatic carbocycles. The van der Waals surface area contributed by atoms with Gasteiger partial charge in [-0.05, 0) is 49.7 Å². The van der Waals surface area contributed by atoms with E-state index in [1.54, 1.807) is 24.3 Å². The molecule has 0 aliphatic heterocycles. The second kappa shape index (κ2) is 8.10.